The zero-order chi connectivity index (χ0) is 16.2. The van der Waals surface area contributed by atoms with Gasteiger partial charge in [0, 0.05) is 0 Å². The van der Waals surface area contributed by atoms with Crippen molar-refractivity contribution in [2.75, 3.05) is 0 Å². The van der Waals surface area contributed by atoms with Crippen molar-refractivity contribution in [3.63, 3.8) is 0 Å². The predicted octanol–water partition coefficient (Wildman–Crippen LogP) is 5.66. The number of ketones is 1. The summed E-state index contributed by atoms with van der Waals surface area (Å²) in [5.41, 5.74) is 5.20. The first-order valence-electron chi connectivity index (χ1n) is 8.05. The summed E-state index contributed by atoms with van der Waals surface area (Å²) >= 11 is 0. The lowest BCUT2D eigenvalue weighted by atomic mass is 9.72. The lowest BCUT2D eigenvalue weighted by Gasteiger charge is -2.32. The first-order valence-corrected chi connectivity index (χ1v) is 8.05. The predicted molar refractivity (Wildman–Crippen MR) is 94.7 cm³/mol. The van der Waals surface area contributed by atoms with Gasteiger partial charge in [-0.15, -0.1) is 0 Å². The summed E-state index contributed by atoms with van der Waals surface area (Å²) in [7, 11) is 0. The Bertz CT molecular complexity index is 642. The summed E-state index contributed by atoms with van der Waals surface area (Å²) in [6, 6.07) is 8.15. The molecule has 0 saturated heterocycles. The van der Waals surface area contributed by atoms with Crippen molar-refractivity contribution in [3.8, 4) is 0 Å². The zero-order valence-electron chi connectivity index (χ0n) is 14.1. The number of benzene rings is 1. The molecule has 0 unspecified atom stereocenters. The van der Waals surface area contributed by atoms with Crippen LogP contribution >= 0.6 is 0 Å². The second-order valence-corrected chi connectivity index (χ2v) is 6.91. The Labute approximate surface area is 134 Å². The van der Waals surface area contributed by atoms with E-state index in [1.807, 2.05) is 24.3 Å². The highest BCUT2D eigenvalue weighted by Gasteiger charge is 2.26. The van der Waals surface area contributed by atoms with Gasteiger partial charge in [0.15, 0.2) is 5.78 Å². The minimum atomic E-state index is 0.0446. The Morgan fingerprint density at radius 2 is 1.86 bits per heavy atom. The molecule has 0 aromatic heterocycles. The molecule has 116 valence electrons. The van der Waals surface area contributed by atoms with Gasteiger partial charge in [0.25, 0.3) is 0 Å². The maximum Gasteiger partial charge on any atom is 0.178 e. The molecule has 0 amide bonds. The Hall–Kier alpha value is -1.89. The molecule has 2 rings (SSSR count). The number of carbonyl (C=O) groups is 1. The van der Waals surface area contributed by atoms with Crippen LogP contribution in [0, 0.1) is 12.3 Å². The monoisotopic (exact) mass is 294 g/mol. The molecule has 1 nitrogen and oxygen atoms in total. The number of aryl methyl sites for hydroxylation is 1. The molecule has 0 atom stereocenters. The van der Waals surface area contributed by atoms with Crippen LogP contribution in [-0.4, -0.2) is 5.78 Å². The van der Waals surface area contributed by atoms with E-state index in [9.17, 15) is 4.79 Å². The van der Waals surface area contributed by atoms with Crippen molar-refractivity contribution >= 4 is 11.9 Å². The van der Waals surface area contributed by atoms with E-state index in [4.69, 9.17) is 0 Å². The largest absolute Gasteiger partial charge is 0.290 e. The molecule has 0 N–H and O–H groups in total. The third kappa shape index (κ3) is 4.30. The Morgan fingerprint density at radius 1 is 1.14 bits per heavy atom. The highest BCUT2D eigenvalue weighted by molar-refractivity contribution is 6.02. The molecule has 0 fully saturated rings. The molecular weight excluding hydrogens is 268 g/mol. The number of rotatable bonds is 4. The third-order valence-corrected chi connectivity index (χ3v) is 4.44. The smallest absolute Gasteiger partial charge is 0.178 e. The standard InChI is InChI=1S/C21H26O/c1-16-7-5-9-18(15-16)10-11-19(22)12-13-20-17(2)8-6-14-21(20,3)4/h5,7,9-13,15H,6,8,14H2,1-4H3/b11-10+,13-12+. The first kappa shape index (κ1) is 16.5. The van der Waals surface area contributed by atoms with Crippen LogP contribution in [0.4, 0.5) is 0 Å². The van der Waals surface area contributed by atoms with Gasteiger partial charge in [0.05, 0.1) is 0 Å². The van der Waals surface area contributed by atoms with Crippen LogP contribution in [0.15, 0.2) is 53.6 Å². The van der Waals surface area contributed by atoms with Crippen LogP contribution in [0.25, 0.3) is 6.08 Å². The van der Waals surface area contributed by atoms with Crippen LogP contribution in [0.2, 0.25) is 0 Å². The lowest BCUT2D eigenvalue weighted by molar-refractivity contribution is -0.110. The van der Waals surface area contributed by atoms with Crippen LogP contribution < -0.4 is 0 Å². The minimum Gasteiger partial charge on any atom is -0.290 e. The summed E-state index contributed by atoms with van der Waals surface area (Å²) in [6.07, 6.45) is 10.9. The van der Waals surface area contributed by atoms with Crippen LogP contribution in [0.1, 0.15) is 51.2 Å². The van der Waals surface area contributed by atoms with Gasteiger partial charge < -0.3 is 0 Å². The van der Waals surface area contributed by atoms with Gasteiger partial charge in [-0.2, -0.15) is 0 Å². The van der Waals surface area contributed by atoms with Crippen LogP contribution in [0.5, 0.6) is 0 Å². The van der Waals surface area contributed by atoms with E-state index < -0.39 is 0 Å². The molecule has 0 heterocycles. The van der Waals surface area contributed by atoms with E-state index in [1.54, 1.807) is 12.2 Å². The molecule has 0 spiro atoms. The highest BCUT2D eigenvalue weighted by atomic mass is 16.1. The van der Waals surface area contributed by atoms with Gasteiger partial charge in [0.2, 0.25) is 0 Å². The number of allylic oxidation sites excluding steroid dienone is 5. The maximum absolute atomic E-state index is 12.1. The molecule has 0 bridgehead atoms. The molecule has 0 aliphatic heterocycles. The van der Waals surface area contributed by atoms with Gasteiger partial charge in [-0.1, -0.05) is 61.4 Å². The van der Waals surface area contributed by atoms with Crippen molar-refractivity contribution in [3.05, 3.63) is 64.8 Å². The second-order valence-electron chi connectivity index (χ2n) is 6.91. The number of hydrogen-bond acceptors (Lipinski definition) is 1. The average molecular weight is 294 g/mol. The van der Waals surface area contributed by atoms with Gasteiger partial charge in [-0.25, -0.2) is 0 Å². The molecule has 1 aliphatic carbocycles. The summed E-state index contributed by atoms with van der Waals surface area (Å²) < 4.78 is 0. The van der Waals surface area contributed by atoms with E-state index in [1.165, 1.54) is 29.6 Å². The van der Waals surface area contributed by atoms with E-state index in [2.05, 4.69) is 39.8 Å². The van der Waals surface area contributed by atoms with Crippen LogP contribution in [-0.2, 0) is 4.79 Å². The first-order chi connectivity index (χ1) is 10.4. The van der Waals surface area contributed by atoms with E-state index >= 15 is 0 Å². The molecule has 22 heavy (non-hydrogen) atoms. The van der Waals surface area contributed by atoms with Gasteiger partial charge in [-0.05, 0) is 61.8 Å². The summed E-state index contributed by atoms with van der Waals surface area (Å²) in [6.45, 7) is 8.78. The Balaban J connectivity index is 2.08. The molecule has 0 radical (unpaired) electrons. The molecular formula is C21H26O. The minimum absolute atomic E-state index is 0.0446. The summed E-state index contributed by atoms with van der Waals surface area (Å²) in [4.78, 5) is 12.1. The lowest BCUT2D eigenvalue weighted by Crippen LogP contribution is -2.19. The van der Waals surface area contributed by atoms with Gasteiger partial charge in [0.1, 0.15) is 0 Å². The van der Waals surface area contributed by atoms with Gasteiger partial charge >= 0.3 is 0 Å². The fourth-order valence-electron chi connectivity index (χ4n) is 3.18. The Morgan fingerprint density at radius 3 is 2.55 bits per heavy atom. The van der Waals surface area contributed by atoms with Crippen molar-refractivity contribution in [1.82, 2.24) is 0 Å². The maximum atomic E-state index is 12.1. The number of carbonyl (C=O) groups excluding carboxylic acids is 1. The van der Waals surface area contributed by atoms with E-state index in [0.29, 0.717) is 0 Å². The topological polar surface area (TPSA) is 17.1 Å². The molecule has 1 aromatic carbocycles. The number of hydrogen-bond donors (Lipinski definition) is 0. The van der Waals surface area contributed by atoms with Crippen LogP contribution in [0.3, 0.4) is 0 Å². The van der Waals surface area contributed by atoms with Crippen molar-refractivity contribution in [2.45, 2.75) is 47.0 Å². The summed E-state index contributed by atoms with van der Waals surface area (Å²) in [5, 5.41) is 0. The fourth-order valence-corrected chi connectivity index (χ4v) is 3.18. The third-order valence-electron chi connectivity index (χ3n) is 4.44. The molecule has 0 saturated carbocycles. The summed E-state index contributed by atoms with van der Waals surface area (Å²) in [5.74, 6) is 0.0446. The van der Waals surface area contributed by atoms with Crippen molar-refractivity contribution in [2.24, 2.45) is 5.41 Å². The van der Waals surface area contributed by atoms with Crippen molar-refractivity contribution in [1.29, 1.82) is 0 Å². The molecule has 1 aromatic rings. The SMILES string of the molecule is CC1=C(/C=C/C(=O)/C=C/c2cccc(C)c2)C(C)(C)CCC1. The average Bonchev–Trinajstić information content (AvgIpc) is 2.44. The van der Waals surface area contributed by atoms with E-state index in [0.717, 1.165) is 12.0 Å². The molecule has 1 aliphatic rings. The fraction of sp³-hybridized carbons (Fsp3) is 0.381. The highest BCUT2D eigenvalue weighted by Crippen LogP contribution is 2.40. The zero-order valence-corrected chi connectivity index (χ0v) is 14.1. The normalized spacial score (nSPS) is 18.4. The quantitative estimate of drug-likeness (QED) is 0.655. The molecule has 1 heteroatoms. The van der Waals surface area contributed by atoms with Crippen molar-refractivity contribution < 1.29 is 4.79 Å². The Kier molecular flexibility index (Phi) is 5.18. The van der Waals surface area contributed by atoms with Gasteiger partial charge in [-0.3, -0.25) is 4.79 Å². The second kappa shape index (κ2) is 6.91. The van der Waals surface area contributed by atoms with E-state index in [-0.39, 0.29) is 11.2 Å².